The molecule has 0 spiro atoms. The first-order chi connectivity index (χ1) is 11.4. The van der Waals surface area contributed by atoms with Crippen molar-refractivity contribution in [2.75, 3.05) is 13.7 Å². The number of halogens is 1. The summed E-state index contributed by atoms with van der Waals surface area (Å²) in [5.74, 6) is -1.19. The standard InChI is InChI=1S/C18H22FNO4/c1-24-14(12-2-4-13(19)5-3-12)10-20-15(21)17-6-8-18(11-17,9-7-17)16(22)23/h2-5,14H,6-11H2,1H3,(H,20,21)(H,22,23). The van der Waals surface area contributed by atoms with Crippen molar-refractivity contribution in [1.82, 2.24) is 5.32 Å². The molecule has 2 aliphatic carbocycles. The van der Waals surface area contributed by atoms with Crippen LogP contribution in [0.2, 0.25) is 0 Å². The number of hydrogen-bond acceptors (Lipinski definition) is 3. The number of carbonyl (C=O) groups is 2. The Balaban J connectivity index is 1.63. The summed E-state index contributed by atoms with van der Waals surface area (Å²) in [6.07, 6.45) is 2.45. The number of aliphatic carboxylic acids is 1. The number of carboxylic acid groups (broad SMARTS) is 1. The van der Waals surface area contributed by atoms with E-state index in [1.807, 2.05) is 0 Å². The molecule has 2 aliphatic rings. The van der Waals surface area contributed by atoms with Crippen molar-refractivity contribution >= 4 is 11.9 Å². The molecule has 130 valence electrons. The smallest absolute Gasteiger partial charge is 0.309 e. The van der Waals surface area contributed by atoms with E-state index < -0.39 is 16.8 Å². The van der Waals surface area contributed by atoms with Crippen molar-refractivity contribution in [3.8, 4) is 0 Å². The van der Waals surface area contributed by atoms with Gasteiger partial charge in [0.15, 0.2) is 0 Å². The number of nitrogens with one attached hydrogen (secondary N) is 1. The molecule has 0 aromatic heterocycles. The number of ether oxygens (including phenoxy) is 1. The van der Waals surface area contributed by atoms with Crippen LogP contribution in [0, 0.1) is 16.6 Å². The second kappa shape index (κ2) is 6.16. The Morgan fingerprint density at radius 1 is 1.21 bits per heavy atom. The Hall–Kier alpha value is -1.95. The highest BCUT2D eigenvalue weighted by Crippen LogP contribution is 2.61. The minimum absolute atomic E-state index is 0.0905. The number of amides is 1. The summed E-state index contributed by atoms with van der Waals surface area (Å²) < 4.78 is 18.4. The lowest BCUT2D eigenvalue weighted by molar-refractivity contribution is -0.148. The van der Waals surface area contributed by atoms with Gasteiger partial charge in [0.1, 0.15) is 5.82 Å². The van der Waals surface area contributed by atoms with Crippen LogP contribution in [0.25, 0.3) is 0 Å². The molecule has 1 aromatic carbocycles. The number of benzene rings is 1. The molecule has 5 nitrogen and oxygen atoms in total. The van der Waals surface area contributed by atoms with Crippen LogP contribution in [0.4, 0.5) is 4.39 Å². The summed E-state index contributed by atoms with van der Waals surface area (Å²) in [5, 5.41) is 12.3. The molecule has 0 aliphatic heterocycles. The lowest BCUT2D eigenvalue weighted by atomic mass is 9.81. The molecule has 0 saturated heterocycles. The Kier molecular flexibility index (Phi) is 4.34. The van der Waals surface area contributed by atoms with Crippen molar-refractivity contribution in [3.05, 3.63) is 35.6 Å². The van der Waals surface area contributed by atoms with E-state index in [4.69, 9.17) is 4.74 Å². The number of carboxylic acids is 1. The lowest BCUT2D eigenvalue weighted by Crippen LogP contribution is -2.40. The van der Waals surface area contributed by atoms with Gasteiger partial charge in [0.05, 0.1) is 16.9 Å². The minimum atomic E-state index is -0.782. The molecule has 0 radical (unpaired) electrons. The summed E-state index contributed by atoms with van der Waals surface area (Å²) in [5.41, 5.74) is -0.483. The number of rotatable bonds is 6. The number of fused-ring (bicyclic) bond motifs is 2. The topological polar surface area (TPSA) is 75.6 Å². The van der Waals surface area contributed by atoms with Gasteiger partial charge >= 0.3 is 5.97 Å². The highest BCUT2D eigenvalue weighted by molar-refractivity contribution is 5.87. The maximum atomic E-state index is 13.0. The third-order valence-electron chi connectivity index (χ3n) is 5.75. The number of hydrogen-bond donors (Lipinski definition) is 2. The first kappa shape index (κ1) is 16.9. The molecular weight excluding hydrogens is 313 g/mol. The fourth-order valence-electron chi connectivity index (χ4n) is 4.19. The van der Waals surface area contributed by atoms with Gasteiger partial charge in [-0.1, -0.05) is 12.1 Å². The van der Waals surface area contributed by atoms with E-state index in [0.29, 0.717) is 32.1 Å². The second-order valence-corrected chi connectivity index (χ2v) is 7.03. The van der Waals surface area contributed by atoms with Crippen LogP contribution in [-0.2, 0) is 14.3 Å². The van der Waals surface area contributed by atoms with Gasteiger partial charge in [0.25, 0.3) is 0 Å². The molecule has 6 heteroatoms. The Morgan fingerprint density at radius 2 is 1.79 bits per heavy atom. The summed E-state index contributed by atoms with van der Waals surface area (Å²) in [6, 6.07) is 5.98. The van der Waals surface area contributed by atoms with Crippen molar-refractivity contribution in [2.24, 2.45) is 10.8 Å². The SMILES string of the molecule is COC(CNC(=O)C12CCC(C(=O)O)(CC1)C2)c1ccc(F)cc1. The zero-order valence-electron chi connectivity index (χ0n) is 13.7. The van der Waals surface area contributed by atoms with E-state index in [0.717, 1.165) is 5.56 Å². The zero-order valence-corrected chi connectivity index (χ0v) is 13.7. The van der Waals surface area contributed by atoms with E-state index in [1.165, 1.54) is 12.1 Å². The van der Waals surface area contributed by atoms with Gasteiger partial charge in [-0.15, -0.1) is 0 Å². The third-order valence-corrected chi connectivity index (χ3v) is 5.75. The van der Waals surface area contributed by atoms with Crippen LogP contribution in [0.3, 0.4) is 0 Å². The van der Waals surface area contributed by atoms with Crippen LogP contribution in [0.15, 0.2) is 24.3 Å². The molecule has 2 bridgehead atoms. The first-order valence-electron chi connectivity index (χ1n) is 8.21. The minimum Gasteiger partial charge on any atom is -0.481 e. The van der Waals surface area contributed by atoms with Gasteiger partial charge in [-0.05, 0) is 49.8 Å². The maximum absolute atomic E-state index is 13.0. The highest BCUT2D eigenvalue weighted by Gasteiger charge is 2.61. The fraction of sp³-hybridized carbons (Fsp3) is 0.556. The molecular formula is C18H22FNO4. The zero-order chi connectivity index (χ0) is 17.4. The summed E-state index contributed by atoms with van der Waals surface area (Å²) in [4.78, 5) is 24.2. The van der Waals surface area contributed by atoms with Gasteiger partial charge in [-0.3, -0.25) is 9.59 Å². The average molecular weight is 335 g/mol. The molecule has 1 atom stereocenters. The van der Waals surface area contributed by atoms with Crippen LogP contribution in [0.5, 0.6) is 0 Å². The summed E-state index contributed by atoms with van der Waals surface area (Å²) in [7, 11) is 1.54. The van der Waals surface area contributed by atoms with Crippen LogP contribution >= 0.6 is 0 Å². The van der Waals surface area contributed by atoms with Crippen molar-refractivity contribution in [1.29, 1.82) is 0 Å². The lowest BCUT2D eigenvalue weighted by Gasteiger charge is -2.26. The molecule has 2 N–H and O–H groups in total. The maximum Gasteiger partial charge on any atom is 0.309 e. The normalized spacial score (nSPS) is 29.4. The number of methoxy groups -OCH3 is 1. The van der Waals surface area contributed by atoms with Crippen molar-refractivity contribution < 1.29 is 23.8 Å². The van der Waals surface area contributed by atoms with Crippen LogP contribution in [-0.4, -0.2) is 30.6 Å². The third kappa shape index (κ3) is 2.79. The quantitative estimate of drug-likeness (QED) is 0.838. The van der Waals surface area contributed by atoms with Crippen LogP contribution < -0.4 is 5.32 Å². The molecule has 1 unspecified atom stereocenters. The second-order valence-electron chi connectivity index (χ2n) is 7.03. The van der Waals surface area contributed by atoms with Gasteiger partial charge in [0.2, 0.25) is 5.91 Å². The molecule has 3 rings (SSSR count). The predicted octanol–water partition coefficient (Wildman–Crippen LogP) is 2.66. The molecule has 2 saturated carbocycles. The molecule has 24 heavy (non-hydrogen) atoms. The largest absolute Gasteiger partial charge is 0.481 e. The molecule has 0 heterocycles. The summed E-state index contributed by atoms with van der Waals surface area (Å²) in [6.45, 7) is 0.281. The van der Waals surface area contributed by atoms with E-state index in [2.05, 4.69) is 5.32 Å². The van der Waals surface area contributed by atoms with Gasteiger partial charge in [-0.2, -0.15) is 0 Å². The number of carbonyl (C=O) groups excluding carboxylic acids is 1. The fourth-order valence-corrected chi connectivity index (χ4v) is 4.19. The highest BCUT2D eigenvalue weighted by atomic mass is 19.1. The van der Waals surface area contributed by atoms with E-state index in [1.54, 1.807) is 19.2 Å². The summed E-state index contributed by atoms with van der Waals surface area (Å²) >= 11 is 0. The average Bonchev–Trinajstić information content (AvgIpc) is 3.16. The van der Waals surface area contributed by atoms with Crippen molar-refractivity contribution in [2.45, 2.75) is 38.2 Å². The first-order valence-corrected chi connectivity index (χ1v) is 8.21. The Bertz CT molecular complexity index is 635. The van der Waals surface area contributed by atoms with E-state index in [-0.39, 0.29) is 24.4 Å². The van der Waals surface area contributed by atoms with Gasteiger partial charge < -0.3 is 15.2 Å². The Morgan fingerprint density at radius 3 is 2.29 bits per heavy atom. The van der Waals surface area contributed by atoms with Crippen molar-refractivity contribution in [3.63, 3.8) is 0 Å². The van der Waals surface area contributed by atoms with Crippen LogP contribution in [0.1, 0.15) is 43.8 Å². The Labute approximate surface area is 140 Å². The predicted molar refractivity (Wildman–Crippen MR) is 84.7 cm³/mol. The van der Waals surface area contributed by atoms with Gasteiger partial charge in [-0.25, -0.2) is 4.39 Å². The van der Waals surface area contributed by atoms with E-state index >= 15 is 0 Å². The van der Waals surface area contributed by atoms with E-state index in [9.17, 15) is 19.1 Å². The van der Waals surface area contributed by atoms with Gasteiger partial charge in [0, 0.05) is 13.7 Å². The molecule has 1 aromatic rings. The molecule has 2 fully saturated rings. The monoisotopic (exact) mass is 335 g/mol. The molecule has 1 amide bonds.